The van der Waals surface area contributed by atoms with E-state index >= 15 is 0 Å². The van der Waals surface area contributed by atoms with Gasteiger partial charge in [-0.05, 0) is 6.07 Å². The second-order valence-corrected chi connectivity index (χ2v) is 3.02. The standard InChI is InChI=1S/C9H9F2NO/c10-6-2-1-5-7(12)3-4-13-9(5)8(6)11/h1-2,7H,3-4,12H2/t7-/m0/s1. The first-order chi connectivity index (χ1) is 6.20. The van der Waals surface area contributed by atoms with Gasteiger partial charge >= 0.3 is 0 Å². The van der Waals surface area contributed by atoms with Crippen LogP contribution in [0.25, 0.3) is 0 Å². The number of fused-ring (bicyclic) bond motifs is 1. The highest BCUT2D eigenvalue weighted by Crippen LogP contribution is 2.33. The molecule has 1 aliphatic heterocycles. The Morgan fingerprint density at radius 2 is 2.15 bits per heavy atom. The van der Waals surface area contributed by atoms with Gasteiger partial charge in [0.1, 0.15) is 0 Å². The largest absolute Gasteiger partial charge is 0.490 e. The van der Waals surface area contributed by atoms with E-state index in [2.05, 4.69) is 0 Å². The topological polar surface area (TPSA) is 35.2 Å². The Kier molecular flexibility index (Phi) is 1.92. The monoisotopic (exact) mass is 185 g/mol. The van der Waals surface area contributed by atoms with Gasteiger partial charge in [0.15, 0.2) is 11.6 Å². The maximum absolute atomic E-state index is 13.1. The van der Waals surface area contributed by atoms with Gasteiger partial charge in [0.2, 0.25) is 5.82 Å². The molecule has 0 amide bonds. The molecule has 2 rings (SSSR count). The predicted octanol–water partition coefficient (Wildman–Crippen LogP) is 1.75. The molecule has 0 bridgehead atoms. The summed E-state index contributed by atoms with van der Waals surface area (Å²) in [5.74, 6) is -1.86. The van der Waals surface area contributed by atoms with Crippen LogP contribution < -0.4 is 10.5 Å². The van der Waals surface area contributed by atoms with Crippen LogP contribution in [0.15, 0.2) is 12.1 Å². The molecule has 1 heterocycles. The summed E-state index contributed by atoms with van der Waals surface area (Å²) in [6.07, 6.45) is 0.637. The molecule has 0 radical (unpaired) electrons. The minimum Gasteiger partial charge on any atom is -0.490 e. The van der Waals surface area contributed by atoms with Crippen LogP contribution in [0.1, 0.15) is 18.0 Å². The molecule has 4 heteroatoms. The lowest BCUT2D eigenvalue weighted by atomic mass is 10.0. The highest BCUT2D eigenvalue weighted by atomic mass is 19.2. The molecule has 70 valence electrons. The highest BCUT2D eigenvalue weighted by Gasteiger charge is 2.23. The van der Waals surface area contributed by atoms with Crippen molar-refractivity contribution < 1.29 is 13.5 Å². The zero-order valence-corrected chi connectivity index (χ0v) is 6.89. The molecule has 2 N–H and O–H groups in total. The summed E-state index contributed by atoms with van der Waals surface area (Å²) < 4.78 is 30.8. The van der Waals surface area contributed by atoms with Gasteiger partial charge in [-0.15, -0.1) is 0 Å². The van der Waals surface area contributed by atoms with Gasteiger partial charge in [0.05, 0.1) is 6.61 Å². The van der Waals surface area contributed by atoms with E-state index in [4.69, 9.17) is 10.5 Å². The summed E-state index contributed by atoms with van der Waals surface area (Å²) in [5, 5.41) is 0. The Bertz CT molecular complexity index is 341. The van der Waals surface area contributed by atoms with Crippen LogP contribution in [0.3, 0.4) is 0 Å². The van der Waals surface area contributed by atoms with Crippen molar-refractivity contribution in [3.63, 3.8) is 0 Å². The van der Waals surface area contributed by atoms with Gasteiger partial charge in [-0.3, -0.25) is 0 Å². The average Bonchev–Trinajstić information content (AvgIpc) is 2.12. The van der Waals surface area contributed by atoms with Crippen LogP contribution in [0.2, 0.25) is 0 Å². The lowest BCUT2D eigenvalue weighted by molar-refractivity contribution is 0.251. The van der Waals surface area contributed by atoms with Crippen molar-refractivity contribution in [1.29, 1.82) is 0 Å². The van der Waals surface area contributed by atoms with Crippen LogP contribution >= 0.6 is 0 Å². The molecule has 0 aliphatic carbocycles. The van der Waals surface area contributed by atoms with Gasteiger partial charge in [-0.2, -0.15) is 4.39 Å². The van der Waals surface area contributed by atoms with Crippen molar-refractivity contribution in [3.05, 3.63) is 29.3 Å². The zero-order chi connectivity index (χ0) is 9.42. The van der Waals surface area contributed by atoms with E-state index in [1.165, 1.54) is 6.07 Å². The van der Waals surface area contributed by atoms with Crippen LogP contribution in [-0.4, -0.2) is 6.61 Å². The first kappa shape index (κ1) is 8.44. The SMILES string of the molecule is N[C@H]1CCOc2c1ccc(F)c2F. The lowest BCUT2D eigenvalue weighted by Crippen LogP contribution is -2.21. The molecule has 0 aromatic heterocycles. The van der Waals surface area contributed by atoms with Crippen LogP contribution in [-0.2, 0) is 0 Å². The molecule has 0 spiro atoms. The molecule has 0 saturated carbocycles. The van der Waals surface area contributed by atoms with E-state index in [-0.39, 0.29) is 11.8 Å². The lowest BCUT2D eigenvalue weighted by Gasteiger charge is -2.23. The third kappa shape index (κ3) is 1.27. The third-order valence-corrected chi connectivity index (χ3v) is 2.16. The fraction of sp³-hybridized carbons (Fsp3) is 0.333. The number of halogens is 2. The van der Waals surface area contributed by atoms with Crippen molar-refractivity contribution in [3.8, 4) is 5.75 Å². The Morgan fingerprint density at radius 1 is 1.38 bits per heavy atom. The number of benzene rings is 1. The number of ether oxygens (including phenoxy) is 1. The quantitative estimate of drug-likeness (QED) is 0.668. The van der Waals surface area contributed by atoms with E-state index in [0.717, 1.165) is 6.07 Å². The fourth-order valence-corrected chi connectivity index (χ4v) is 1.43. The van der Waals surface area contributed by atoms with Crippen molar-refractivity contribution >= 4 is 0 Å². The Labute approximate surface area is 74.3 Å². The molecule has 2 nitrogen and oxygen atoms in total. The molecule has 1 aliphatic rings. The first-order valence-corrected chi connectivity index (χ1v) is 4.06. The summed E-state index contributed by atoms with van der Waals surface area (Å²) in [6.45, 7) is 0.342. The average molecular weight is 185 g/mol. The Morgan fingerprint density at radius 3 is 2.92 bits per heavy atom. The number of hydrogen-bond donors (Lipinski definition) is 1. The van der Waals surface area contributed by atoms with Crippen LogP contribution in [0.5, 0.6) is 5.75 Å². The second kappa shape index (κ2) is 2.96. The summed E-state index contributed by atoms with van der Waals surface area (Å²) in [6, 6.07) is 2.29. The molecule has 1 aromatic rings. The second-order valence-electron chi connectivity index (χ2n) is 3.02. The normalized spacial score (nSPS) is 20.7. The van der Waals surface area contributed by atoms with E-state index < -0.39 is 11.6 Å². The number of hydrogen-bond acceptors (Lipinski definition) is 2. The maximum atomic E-state index is 13.1. The van der Waals surface area contributed by atoms with Crippen molar-refractivity contribution in [2.24, 2.45) is 5.73 Å². The highest BCUT2D eigenvalue weighted by molar-refractivity contribution is 5.39. The summed E-state index contributed by atoms with van der Waals surface area (Å²) >= 11 is 0. The number of nitrogens with two attached hydrogens (primary N) is 1. The molecule has 13 heavy (non-hydrogen) atoms. The first-order valence-electron chi connectivity index (χ1n) is 4.06. The van der Waals surface area contributed by atoms with Crippen LogP contribution in [0.4, 0.5) is 8.78 Å². The summed E-state index contributed by atoms with van der Waals surface area (Å²) in [5.41, 5.74) is 6.24. The molecule has 1 aromatic carbocycles. The maximum Gasteiger partial charge on any atom is 0.200 e. The van der Waals surface area contributed by atoms with Gasteiger partial charge in [-0.25, -0.2) is 4.39 Å². The molecular weight excluding hydrogens is 176 g/mol. The van der Waals surface area contributed by atoms with Crippen molar-refractivity contribution in [1.82, 2.24) is 0 Å². The van der Waals surface area contributed by atoms with Crippen molar-refractivity contribution in [2.45, 2.75) is 12.5 Å². The molecular formula is C9H9F2NO. The van der Waals surface area contributed by atoms with E-state index in [1.54, 1.807) is 0 Å². The molecule has 0 unspecified atom stereocenters. The Balaban J connectivity index is 2.56. The van der Waals surface area contributed by atoms with Gasteiger partial charge in [-0.1, -0.05) is 6.07 Å². The molecule has 1 atom stereocenters. The van der Waals surface area contributed by atoms with Gasteiger partial charge < -0.3 is 10.5 Å². The third-order valence-electron chi connectivity index (χ3n) is 2.16. The van der Waals surface area contributed by atoms with Gasteiger partial charge in [0, 0.05) is 18.0 Å². The van der Waals surface area contributed by atoms with Gasteiger partial charge in [0.25, 0.3) is 0 Å². The summed E-state index contributed by atoms with van der Waals surface area (Å²) in [7, 11) is 0. The summed E-state index contributed by atoms with van der Waals surface area (Å²) in [4.78, 5) is 0. The molecule has 0 saturated heterocycles. The van der Waals surface area contributed by atoms with Crippen molar-refractivity contribution in [2.75, 3.05) is 6.61 Å². The van der Waals surface area contributed by atoms with E-state index in [1.807, 2.05) is 0 Å². The minimum atomic E-state index is -0.937. The van der Waals surface area contributed by atoms with E-state index in [9.17, 15) is 8.78 Å². The zero-order valence-electron chi connectivity index (χ0n) is 6.89. The fourth-order valence-electron chi connectivity index (χ4n) is 1.43. The molecule has 0 fully saturated rings. The smallest absolute Gasteiger partial charge is 0.200 e. The van der Waals surface area contributed by atoms with E-state index in [0.29, 0.717) is 18.6 Å². The van der Waals surface area contributed by atoms with Crippen LogP contribution in [0, 0.1) is 11.6 Å². The minimum absolute atomic E-state index is 0.0289. The predicted molar refractivity (Wildman–Crippen MR) is 43.4 cm³/mol. The Hall–Kier alpha value is -1.16. The number of rotatable bonds is 0.